The molecule has 2 aromatic rings. The summed E-state index contributed by atoms with van der Waals surface area (Å²) in [7, 11) is 1.40. The monoisotopic (exact) mass is 469 g/mol. The molecule has 1 aliphatic heterocycles. The predicted molar refractivity (Wildman–Crippen MR) is 134 cm³/mol. The standard InChI is InChI=1S/C27H39N3O4/c1-19-24(26(28)32)25(20-7-9-21(10-8-20)27(2,3)4)22(11-12-23(31)33-5)30(19)14-6-13-29-15-17-34-18-16-29/h7-10H,6,11-18H2,1-5H3,(H2,28,32). The second-order valence-corrected chi connectivity index (χ2v) is 10.0. The number of nitrogens with two attached hydrogens (primary N) is 1. The molecule has 0 radical (unpaired) electrons. The summed E-state index contributed by atoms with van der Waals surface area (Å²) in [6.45, 7) is 13.6. The molecule has 0 spiro atoms. The second kappa shape index (κ2) is 11.2. The molecule has 0 saturated carbocycles. The maximum Gasteiger partial charge on any atom is 0.305 e. The molecule has 0 aliphatic carbocycles. The van der Waals surface area contributed by atoms with Crippen LogP contribution in [-0.2, 0) is 32.6 Å². The van der Waals surface area contributed by atoms with E-state index in [2.05, 4.69) is 54.5 Å². The number of rotatable bonds is 9. The van der Waals surface area contributed by atoms with E-state index in [1.807, 2.05) is 6.92 Å². The van der Waals surface area contributed by atoms with E-state index in [1.54, 1.807) is 0 Å². The van der Waals surface area contributed by atoms with Crippen molar-refractivity contribution in [3.63, 3.8) is 0 Å². The van der Waals surface area contributed by atoms with Crippen LogP contribution in [0.1, 0.15) is 60.9 Å². The number of aromatic nitrogens is 1. The molecular formula is C27H39N3O4. The van der Waals surface area contributed by atoms with E-state index in [4.69, 9.17) is 15.2 Å². The Labute approximate surface area is 203 Å². The highest BCUT2D eigenvalue weighted by Crippen LogP contribution is 2.35. The Hall–Kier alpha value is -2.64. The normalized spacial score (nSPS) is 14.9. The number of esters is 1. The molecule has 1 aromatic carbocycles. The van der Waals surface area contributed by atoms with Gasteiger partial charge in [0.05, 0.1) is 32.3 Å². The molecule has 1 amide bonds. The molecule has 1 saturated heterocycles. The molecule has 3 rings (SSSR count). The largest absolute Gasteiger partial charge is 0.469 e. The third-order valence-corrected chi connectivity index (χ3v) is 6.67. The minimum absolute atomic E-state index is 0.0279. The Morgan fingerprint density at radius 3 is 2.29 bits per heavy atom. The Bertz CT molecular complexity index is 996. The lowest BCUT2D eigenvalue weighted by atomic mass is 9.86. The minimum atomic E-state index is -0.446. The summed E-state index contributed by atoms with van der Waals surface area (Å²) in [5.74, 6) is -0.716. The van der Waals surface area contributed by atoms with Gasteiger partial charge in [-0.1, -0.05) is 45.0 Å². The van der Waals surface area contributed by atoms with E-state index in [1.165, 1.54) is 12.7 Å². The van der Waals surface area contributed by atoms with Gasteiger partial charge in [-0.2, -0.15) is 0 Å². The molecule has 0 bridgehead atoms. The zero-order valence-electron chi connectivity index (χ0n) is 21.3. The van der Waals surface area contributed by atoms with E-state index in [0.29, 0.717) is 12.0 Å². The molecule has 0 unspecified atom stereocenters. The van der Waals surface area contributed by atoms with Gasteiger partial charge in [0.1, 0.15) is 0 Å². The molecular weight excluding hydrogens is 430 g/mol. The van der Waals surface area contributed by atoms with E-state index in [9.17, 15) is 9.59 Å². The third-order valence-electron chi connectivity index (χ3n) is 6.67. The average molecular weight is 470 g/mol. The smallest absolute Gasteiger partial charge is 0.305 e. The third kappa shape index (κ3) is 6.07. The van der Waals surface area contributed by atoms with Crippen molar-refractivity contribution in [2.24, 2.45) is 5.73 Å². The SMILES string of the molecule is COC(=O)CCc1c(-c2ccc(C(C)(C)C)cc2)c(C(N)=O)c(C)n1CCCN1CCOCC1. The van der Waals surface area contributed by atoms with Crippen molar-refractivity contribution in [2.45, 2.75) is 58.9 Å². The fraction of sp³-hybridized carbons (Fsp3) is 0.556. The number of carbonyl (C=O) groups is 2. The maximum atomic E-state index is 12.6. The number of methoxy groups -OCH3 is 1. The van der Waals surface area contributed by atoms with Crippen LogP contribution in [-0.4, -0.2) is 61.3 Å². The summed E-state index contributed by atoms with van der Waals surface area (Å²) in [4.78, 5) is 27.0. The van der Waals surface area contributed by atoms with Crippen molar-refractivity contribution in [1.82, 2.24) is 9.47 Å². The topological polar surface area (TPSA) is 86.8 Å². The molecule has 1 aromatic heterocycles. The number of benzene rings is 1. The first-order chi connectivity index (χ1) is 16.1. The van der Waals surface area contributed by atoms with Crippen LogP contribution in [0.3, 0.4) is 0 Å². The van der Waals surface area contributed by atoms with Crippen molar-refractivity contribution in [3.8, 4) is 11.1 Å². The van der Waals surface area contributed by atoms with Crippen LogP contribution >= 0.6 is 0 Å². The van der Waals surface area contributed by atoms with Gasteiger partial charge in [0, 0.05) is 43.1 Å². The predicted octanol–water partition coefficient (Wildman–Crippen LogP) is 3.69. The van der Waals surface area contributed by atoms with Crippen LogP contribution in [0.5, 0.6) is 0 Å². The van der Waals surface area contributed by atoms with Crippen LogP contribution < -0.4 is 5.73 Å². The van der Waals surface area contributed by atoms with Gasteiger partial charge in [-0.05, 0) is 36.3 Å². The highest BCUT2D eigenvalue weighted by atomic mass is 16.5. The Balaban J connectivity index is 1.99. The highest BCUT2D eigenvalue weighted by Gasteiger charge is 2.26. The summed E-state index contributed by atoms with van der Waals surface area (Å²) in [5, 5.41) is 0. The first-order valence-electron chi connectivity index (χ1n) is 12.1. The van der Waals surface area contributed by atoms with Gasteiger partial charge in [-0.15, -0.1) is 0 Å². The van der Waals surface area contributed by atoms with Crippen molar-refractivity contribution >= 4 is 11.9 Å². The summed E-state index contributed by atoms with van der Waals surface area (Å²) in [5.41, 5.74) is 11.3. The lowest BCUT2D eigenvalue weighted by Gasteiger charge is -2.26. The van der Waals surface area contributed by atoms with E-state index in [-0.39, 0.29) is 17.8 Å². The van der Waals surface area contributed by atoms with Gasteiger partial charge >= 0.3 is 5.97 Å². The van der Waals surface area contributed by atoms with E-state index >= 15 is 0 Å². The van der Waals surface area contributed by atoms with Crippen molar-refractivity contribution in [3.05, 3.63) is 46.8 Å². The number of nitrogens with zero attached hydrogens (tertiary/aromatic N) is 2. The number of amides is 1. The molecule has 1 fully saturated rings. The average Bonchev–Trinajstić information content (AvgIpc) is 3.09. The molecule has 34 heavy (non-hydrogen) atoms. The Morgan fingerprint density at radius 2 is 1.74 bits per heavy atom. The Kier molecular flexibility index (Phi) is 8.55. The van der Waals surface area contributed by atoms with Crippen LogP contribution in [0.4, 0.5) is 0 Å². The summed E-state index contributed by atoms with van der Waals surface area (Å²) in [6.07, 6.45) is 1.66. The number of hydrogen-bond donors (Lipinski definition) is 1. The summed E-state index contributed by atoms with van der Waals surface area (Å²) in [6, 6.07) is 8.33. The van der Waals surface area contributed by atoms with Gasteiger partial charge in [0.2, 0.25) is 0 Å². The second-order valence-electron chi connectivity index (χ2n) is 10.0. The molecule has 7 nitrogen and oxygen atoms in total. The molecule has 186 valence electrons. The van der Waals surface area contributed by atoms with E-state index < -0.39 is 5.91 Å². The van der Waals surface area contributed by atoms with Crippen molar-refractivity contribution in [2.75, 3.05) is 40.0 Å². The van der Waals surface area contributed by atoms with Crippen LogP contribution in [0.25, 0.3) is 11.1 Å². The molecule has 2 heterocycles. The maximum absolute atomic E-state index is 12.6. The highest BCUT2D eigenvalue weighted by molar-refractivity contribution is 6.02. The van der Waals surface area contributed by atoms with Gasteiger partial charge in [-0.3, -0.25) is 14.5 Å². The van der Waals surface area contributed by atoms with E-state index in [0.717, 1.165) is 68.3 Å². The first-order valence-corrected chi connectivity index (χ1v) is 12.1. The fourth-order valence-electron chi connectivity index (χ4n) is 4.71. The molecule has 1 aliphatic rings. The van der Waals surface area contributed by atoms with Crippen LogP contribution in [0.15, 0.2) is 24.3 Å². The zero-order valence-corrected chi connectivity index (χ0v) is 21.3. The Morgan fingerprint density at radius 1 is 1.09 bits per heavy atom. The zero-order chi connectivity index (χ0) is 24.9. The van der Waals surface area contributed by atoms with Gasteiger partial charge in [-0.25, -0.2) is 0 Å². The molecule has 0 atom stereocenters. The first kappa shape index (κ1) is 26.0. The van der Waals surface area contributed by atoms with Gasteiger partial charge < -0.3 is 19.8 Å². The lowest BCUT2D eigenvalue weighted by molar-refractivity contribution is -0.140. The van der Waals surface area contributed by atoms with Gasteiger partial charge in [0.15, 0.2) is 0 Å². The number of hydrogen-bond acceptors (Lipinski definition) is 5. The number of primary amides is 1. The van der Waals surface area contributed by atoms with Crippen molar-refractivity contribution < 1.29 is 19.1 Å². The number of morpholine rings is 1. The minimum Gasteiger partial charge on any atom is -0.469 e. The molecule has 2 N–H and O–H groups in total. The van der Waals surface area contributed by atoms with Gasteiger partial charge in [0.25, 0.3) is 5.91 Å². The fourth-order valence-corrected chi connectivity index (χ4v) is 4.71. The van der Waals surface area contributed by atoms with Crippen molar-refractivity contribution in [1.29, 1.82) is 0 Å². The summed E-state index contributed by atoms with van der Waals surface area (Å²) < 4.78 is 12.5. The lowest BCUT2D eigenvalue weighted by Crippen LogP contribution is -2.37. The number of ether oxygens (including phenoxy) is 2. The molecule has 7 heteroatoms. The summed E-state index contributed by atoms with van der Waals surface area (Å²) >= 11 is 0. The number of carbonyl (C=O) groups excluding carboxylic acids is 2. The van der Waals surface area contributed by atoms with Crippen LogP contribution in [0, 0.1) is 6.92 Å². The van der Waals surface area contributed by atoms with Crippen LogP contribution in [0.2, 0.25) is 0 Å². The quantitative estimate of drug-likeness (QED) is 0.566.